The summed E-state index contributed by atoms with van der Waals surface area (Å²) >= 11 is 0.712. The summed E-state index contributed by atoms with van der Waals surface area (Å²) in [6.07, 6.45) is -3.76. The zero-order valence-electron chi connectivity index (χ0n) is 10.3. The van der Waals surface area contributed by atoms with E-state index in [2.05, 4.69) is 28.5 Å². The highest BCUT2D eigenvalue weighted by Gasteiger charge is 2.35. The second-order valence-electron chi connectivity index (χ2n) is 4.17. The molecule has 4 nitrogen and oxygen atoms in total. The summed E-state index contributed by atoms with van der Waals surface area (Å²) in [5, 5.41) is 2.98. The van der Waals surface area contributed by atoms with Crippen LogP contribution in [0.1, 0.15) is 26.1 Å². The van der Waals surface area contributed by atoms with Crippen LogP contribution < -0.4 is 5.32 Å². The molecule has 1 N–H and O–H groups in total. The van der Waals surface area contributed by atoms with Crippen molar-refractivity contribution in [2.75, 3.05) is 25.1 Å². The van der Waals surface area contributed by atoms with Gasteiger partial charge in [-0.05, 0) is 12.3 Å². The molecule has 0 spiro atoms. The summed E-state index contributed by atoms with van der Waals surface area (Å²) in [6, 6.07) is 0. The average Bonchev–Trinajstić information content (AvgIpc) is 2.71. The van der Waals surface area contributed by atoms with Gasteiger partial charge in [0.1, 0.15) is 0 Å². The summed E-state index contributed by atoms with van der Waals surface area (Å²) < 4.78 is 45.2. The summed E-state index contributed by atoms with van der Waals surface area (Å²) in [6.45, 7) is 5.90. The van der Waals surface area contributed by atoms with Crippen molar-refractivity contribution in [3.05, 3.63) is 5.82 Å². The van der Waals surface area contributed by atoms with Crippen LogP contribution in [0.5, 0.6) is 0 Å². The lowest BCUT2D eigenvalue weighted by molar-refractivity contribution is -0.144. The van der Waals surface area contributed by atoms with E-state index in [1.165, 1.54) is 0 Å². The van der Waals surface area contributed by atoms with E-state index in [1.54, 1.807) is 0 Å². The average molecular weight is 283 g/mol. The molecule has 0 amide bonds. The molecule has 8 heteroatoms. The lowest BCUT2D eigenvalue weighted by Crippen LogP contribution is -2.09. The highest BCUT2D eigenvalue weighted by atomic mass is 32.1. The van der Waals surface area contributed by atoms with Gasteiger partial charge in [0.2, 0.25) is 11.0 Å². The van der Waals surface area contributed by atoms with Gasteiger partial charge in [0, 0.05) is 31.3 Å². The topological polar surface area (TPSA) is 47.0 Å². The molecule has 104 valence electrons. The first kappa shape index (κ1) is 15.2. The molecule has 1 aromatic rings. The van der Waals surface area contributed by atoms with E-state index in [1.807, 2.05) is 0 Å². The third-order valence-electron chi connectivity index (χ3n) is 1.87. The van der Waals surface area contributed by atoms with Gasteiger partial charge in [-0.15, -0.1) is 0 Å². The van der Waals surface area contributed by atoms with Crippen molar-refractivity contribution in [2.45, 2.75) is 26.4 Å². The van der Waals surface area contributed by atoms with E-state index in [0.29, 0.717) is 43.6 Å². The van der Waals surface area contributed by atoms with E-state index in [-0.39, 0.29) is 5.13 Å². The Hall–Kier alpha value is -0.890. The van der Waals surface area contributed by atoms with Crippen LogP contribution in [0, 0.1) is 5.92 Å². The number of nitrogens with zero attached hydrogens (tertiary/aromatic N) is 2. The number of alkyl halides is 3. The quantitative estimate of drug-likeness (QED) is 0.781. The zero-order chi connectivity index (χ0) is 13.6. The SMILES string of the molecule is CC(C)COCCCNc1nc(C(F)(F)F)ns1. The highest BCUT2D eigenvalue weighted by molar-refractivity contribution is 7.09. The number of anilines is 1. The molecule has 0 aliphatic rings. The number of nitrogens with one attached hydrogen (secondary N) is 1. The molecule has 1 heterocycles. The number of hydrogen-bond donors (Lipinski definition) is 1. The minimum absolute atomic E-state index is 0.186. The number of halogens is 3. The molecule has 0 radical (unpaired) electrons. The third-order valence-corrected chi connectivity index (χ3v) is 2.55. The Morgan fingerprint density at radius 1 is 1.39 bits per heavy atom. The van der Waals surface area contributed by atoms with Gasteiger partial charge in [-0.3, -0.25) is 0 Å². The van der Waals surface area contributed by atoms with Crippen LogP contribution in [-0.2, 0) is 10.9 Å². The Balaban J connectivity index is 2.18. The highest BCUT2D eigenvalue weighted by Crippen LogP contribution is 2.28. The predicted octanol–water partition coefficient (Wildman–Crippen LogP) is 3.03. The first-order valence-electron chi connectivity index (χ1n) is 5.62. The minimum Gasteiger partial charge on any atom is -0.381 e. The Morgan fingerprint density at radius 2 is 2.11 bits per heavy atom. The first-order chi connectivity index (χ1) is 8.39. The van der Waals surface area contributed by atoms with Gasteiger partial charge in [0.25, 0.3) is 0 Å². The maximum absolute atomic E-state index is 12.2. The van der Waals surface area contributed by atoms with Crippen molar-refractivity contribution in [3.8, 4) is 0 Å². The Bertz CT molecular complexity index is 354. The van der Waals surface area contributed by atoms with Gasteiger partial charge in [0.15, 0.2) is 0 Å². The summed E-state index contributed by atoms with van der Waals surface area (Å²) in [4.78, 5) is 3.36. The van der Waals surface area contributed by atoms with Crippen LogP contribution in [0.25, 0.3) is 0 Å². The van der Waals surface area contributed by atoms with Crippen LogP contribution in [0.15, 0.2) is 0 Å². The summed E-state index contributed by atoms with van der Waals surface area (Å²) in [5.41, 5.74) is 0. The van der Waals surface area contributed by atoms with Crippen molar-refractivity contribution in [1.82, 2.24) is 9.36 Å². The Kier molecular flexibility index (Phi) is 5.80. The molecule has 0 bridgehead atoms. The molecule has 1 rings (SSSR count). The molecular weight excluding hydrogens is 267 g/mol. The van der Waals surface area contributed by atoms with Crippen LogP contribution in [-0.4, -0.2) is 29.1 Å². The zero-order valence-corrected chi connectivity index (χ0v) is 11.1. The number of hydrogen-bond acceptors (Lipinski definition) is 5. The van der Waals surface area contributed by atoms with Crippen LogP contribution >= 0.6 is 11.5 Å². The fourth-order valence-electron chi connectivity index (χ4n) is 1.10. The van der Waals surface area contributed by atoms with Crippen LogP contribution in [0.3, 0.4) is 0 Å². The van der Waals surface area contributed by atoms with E-state index in [4.69, 9.17) is 4.74 Å². The largest absolute Gasteiger partial charge is 0.452 e. The van der Waals surface area contributed by atoms with Gasteiger partial charge in [-0.2, -0.15) is 22.5 Å². The van der Waals surface area contributed by atoms with Crippen LogP contribution in [0.4, 0.5) is 18.3 Å². The van der Waals surface area contributed by atoms with E-state index >= 15 is 0 Å². The maximum Gasteiger partial charge on any atom is 0.452 e. The van der Waals surface area contributed by atoms with Crippen molar-refractivity contribution in [1.29, 1.82) is 0 Å². The molecule has 0 fully saturated rings. The van der Waals surface area contributed by atoms with Gasteiger partial charge < -0.3 is 10.1 Å². The molecule has 0 atom stereocenters. The molecule has 0 aliphatic heterocycles. The molecule has 0 aromatic carbocycles. The third kappa shape index (κ3) is 5.63. The first-order valence-corrected chi connectivity index (χ1v) is 6.39. The lowest BCUT2D eigenvalue weighted by Gasteiger charge is -2.06. The Morgan fingerprint density at radius 3 is 2.67 bits per heavy atom. The molecular formula is C10H16F3N3OS. The predicted molar refractivity (Wildman–Crippen MR) is 63.7 cm³/mol. The molecule has 0 saturated heterocycles. The molecule has 0 aliphatic carbocycles. The number of aromatic nitrogens is 2. The van der Waals surface area contributed by atoms with Crippen molar-refractivity contribution in [3.63, 3.8) is 0 Å². The van der Waals surface area contributed by atoms with Crippen molar-refractivity contribution >= 4 is 16.7 Å². The van der Waals surface area contributed by atoms with Gasteiger partial charge in [-0.1, -0.05) is 13.8 Å². The van der Waals surface area contributed by atoms with Gasteiger partial charge >= 0.3 is 6.18 Å². The smallest absolute Gasteiger partial charge is 0.381 e. The molecule has 0 saturated carbocycles. The number of ether oxygens (including phenoxy) is 1. The normalized spacial score (nSPS) is 12.1. The fraction of sp³-hybridized carbons (Fsp3) is 0.800. The van der Waals surface area contributed by atoms with Crippen LogP contribution in [0.2, 0.25) is 0 Å². The standard InChI is InChI=1S/C10H16F3N3OS/c1-7(2)6-17-5-3-4-14-9-15-8(16-18-9)10(11,12)13/h7H,3-6H2,1-2H3,(H,14,15,16). The fourth-order valence-corrected chi connectivity index (χ4v) is 1.71. The summed E-state index contributed by atoms with van der Waals surface area (Å²) in [7, 11) is 0. The number of rotatable bonds is 7. The maximum atomic E-state index is 12.2. The monoisotopic (exact) mass is 283 g/mol. The molecule has 18 heavy (non-hydrogen) atoms. The second-order valence-corrected chi connectivity index (χ2v) is 4.92. The second kappa shape index (κ2) is 6.89. The minimum atomic E-state index is -4.48. The van der Waals surface area contributed by atoms with E-state index in [0.717, 1.165) is 0 Å². The molecule has 1 aromatic heterocycles. The lowest BCUT2D eigenvalue weighted by atomic mass is 10.2. The van der Waals surface area contributed by atoms with Crippen molar-refractivity contribution in [2.24, 2.45) is 5.92 Å². The van der Waals surface area contributed by atoms with Gasteiger partial charge in [-0.25, -0.2) is 0 Å². The summed E-state index contributed by atoms with van der Waals surface area (Å²) in [5.74, 6) is -0.610. The Labute approximate surface area is 108 Å². The van der Waals surface area contributed by atoms with Gasteiger partial charge in [0.05, 0.1) is 0 Å². The van der Waals surface area contributed by atoms with E-state index in [9.17, 15) is 13.2 Å². The molecule has 0 unspecified atom stereocenters. The van der Waals surface area contributed by atoms with E-state index < -0.39 is 12.0 Å². The van der Waals surface area contributed by atoms with Crippen molar-refractivity contribution < 1.29 is 17.9 Å².